The van der Waals surface area contributed by atoms with Crippen LogP contribution in [0.4, 0.5) is 4.39 Å². The number of primary amides is 1. The molecule has 5 nitrogen and oxygen atoms in total. The first kappa shape index (κ1) is 13.0. The highest BCUT2D eigenvalue weighted by Crippen LogP contribution is 2.14. The van der Waals surface area contributed by atoms with Crippen LogP contribution in [0.5, 0.6) is 5.75 Å². The van der Waals surface area contributed by atoms with Crippen molar-refractivity contribution in [2.24, 2.45) is 5.73 Å². The fourth-order valence-corrected chi connectivity index (χ4v) is 1.07. The Morgan fingerprint density at radius 3 is 2.41 bits per heavy atom. The van der Waals surface area contributed by atoms with Crippen LogP contribution in [-0.4, -0.2) is 24.8 Å². The molecule has 1 atom stereocenters. The number of ether oxygens (including phenoxy) is 2. The van der Waals surface area contributed by atoms with E-state index in [1.807, 2.05) is 0 Å². The second-order valence-corrected chi connectivity index (χ2v) is 3.07. The molecule has 0 fully saturated rings. The van der Waals surface area contributed by atoms with Crippen molar-refractivity contribution >= 4 is 11.9 Å². The minimum absolute atomic E-state index is 0.0726. The number of amides is 1. The molecule has 0 bridgehead atoms. The lowest BCUT2D eigenvalue weighted by Gasteiger charge is -2.10. The van der Waals surface area contributed by atoms with Gasteiger partial charge in [-0.25, -0.2) is 4.79 Å². The molecule has 1 unspecified atom stereocenters. The number of esters is 1. The zero-order valence-electron chi connectivity index (χ0n) is 9.18. The van der Waals surface area contributed by atoms with Crippen LogP contribution in [0.3, 0.4) is 0 Å². The van der Waals surface area contributed by atoms with E-state index >= 15 is 0 Å². The smallest absolute Gasteiger partial charge is 0.381 e. The standard InChI is InChI=1S/C11H12FNO4/c1-2-16-11(15)9(12)17-8-5-3-7(4-6-8)10(13)14/h3-6,9H,2H2,1H3,(H2,13,14). The molecule has 1 aromatic carbocycles. The molecule has 92 valence electrons. The van der Waals surface area contributed by atoms with Crippen LogP contribution in [0.25, 0.3) is 0 Å². The predicted octanol–water partition coefficient (Wildman–Crippen LogP) is 1.02. The molecule has 0 aromatic heterocycles. The van der Waals surface area contributed by atoms with Crippen molar-refractivity contribution in [3.05, 3.63) is 29.8 Å². The van der Waals surface area contributed by atoms with E-state index in [9.17, 15) is 14.0 Å². The van der Waals surface area contributed by atoms with E-state index in [0.717, 1.165) is 0 Å². The van der Waals surface area contributed by atoms with E-state index in [1.54, 1.807) is 6.92 Å². The largest absolute Gasteiger partial charge is 0.461 e. The number of halogens is 1. The van der Waals surface area contributed by atoms with Crippen LogP contribution in [0.1, 0.15) is 17.3 Å². The van der Waals surface area contributed by atoms with E-state index in [4.69, 9.17) is 5.73 Å². The third kappa shape index (κ3) is 3.75. The molecule has 2 N–H and O–H groups in total. The Kier molecular flexibility index (Phi) is 4.45. The van der Waals surface area contributed by atoms with Gasteiger partial charge in [-0.3, -0.25) is 4.79 Å². The summed E-state index contributed by atoms with van der Waals surface area (Å²) in [7, 11) is 0. The fourth-order valence-electron chi connectivity index (χ4n) is 1.07. The molecule has 17 heavy (non-hydrogen) atoms. The molecule has 0 aliphatic heterocycles. The number of hydrogen-bond acceptors (Lipinski definition) is 4. The van der Waals surface area contributed by atoms with Crippen molar-refractivity contribution in [3.8, 4) is 5.75 Å². The summed E-state index contributed by atoms with van der Waals surface area (Å²) in [5.41, 5.74) is 5.29. The maximum Gasteiger partial charge on any atom is 0.381 e. The van der Waals surface area contributed by atoms with Crippen molar-refractivity contribution in [3.63, 3.8) is 0 Å². The van der Waals surface area contributed by atoms with Gasteiger partial charge in [0.15, 0.2) is 0 Å². The molecule has 0 heterocycles. The Morgan fingerprint density at radius 1 is 1.35 bits per heavy atom. The molecule has 0 saturated heterocycles. The van der Waals surface area contributed by atoms with Gasteiger partial charge in [0.1, 0.15) is 5.75 Å². The first-order valence-corrected chi connectivity index (χ1v) is 4.91. The molecule has 0 aliphatic rings. The Labute approximate surface area is 97.3 Å². The molecule has 0 aliphatic carbocycles. The molecule has 0 saturated carbocycles. The summed E-state index contributed by atoms with van der Waals surface area (Å²) < 4.78 is 22.2. The Morgan fingerprint density at radius 2 is 1.94 bits per heavy atom. The maximum absolute atomic E-state index is 13.1. The van der Waals surface area contributed by atoms with E-state index < -0.39 is 18.2 Å². The molecule has 0 radical (unpaired) electrons. The van der Waals surface area contributed by atoms with Crippen LogP contribution in [0.15, 0.2) is 24.3 Å². The monoisotopic (exact) mass is 241 g/mol. The highest BCUT2D eigenvalue weighted by Gasteiger charge is 2.20. The van der Waals surface area contributed by atoms with E-state index in [2.05, 4.69) is 9.47 Å². The molecular weight excluding hydrogens is 229 g/mol. The second-order valence-electron chi connectivity index (χ2n) is 3.07. The highest BCUT2D eigenvalue weighted by atomic mass is 19.1. The van der Waals surface area contributed by atoms with Gasteiger partial charge in [-0.2, -0.15) is 4.39 Å². The molecule has 1 amide bonds. The third-order valence-electron chi connectivity index (χ3n) is 1.85. The molecule has 6 heteroatoms. The number of nitrogens with two attached hydrogens (primary N) is 1. The normalized spacial score (nSPS) is 11.6. The third-order valence-corrected chi connectivity index (χ3v) is 1.85. The number of alkyl halides is 1. The summed E-state index contributed by atoms with van der Waals surface area (Å²) in [4.78, 5) is 21.7. The van der Waals surface area contributed by atoms with E-state index in [1.165, 1.54) is 24.3 Å². The quantitative estimate of drug-likeness (QED) is 0.781. The van der Waals surface area contributed by atoms with Crippen molar-refractivity contribution < 1.29 is 23.5 Å². The molecule has 1 rings (SSSR count). The lowest BCUT2D eigenvalue weighted by Crippen LogP contribution is -2.24. The van der Waals surface area contributed by atoms with Gasteiger partial charge in [0.2, 0.25) is 5.91 Å². The SMILES string of the molecule is CCOC(=O)C(F)Oc1ccc(C(N)=O)cc1. The van der Waals surface area contributed by atoms with Gasteiger partial charge in [0, 0.05) is 5.56 Å². The summed E-state index contributed by atoms with van der Waals surface area (Å²) >= 11 is 0. The van der Waals surface area contributed by atoms with Gasteiger partial charge in [-0.15, -0.1) is 0 Å². The maximum atomic E-state index is 13.1. The van der Waals surface area contributed by atoms with Crippen molar-refractivity contribution in [2.75, 3.05) is 6.61 Å². The van der Waals surface area contributed by atoms with E-state index in [0.29, 0.717) is 0 Å². The zero-order valence-corrected chi connectivity index (χ0v) is 9.18. The summed E-state index contributed by atoms with van der Waals surface area (Å²) in [6.07, 6.45) is -2.19. The van der Waals surface area contributed by atoms with Crippen molar-refractivity contribution in [1.82, 2.24) is 0 Å². The number of hydrogen-bond donors (Lipinski definition) is 1. The topological polar surface area (TPSA) is 78.6 Å². The first-order valence-electron chi connectivity index (χ1n) is 4.91. The fraction of sp³-hybridized carbons (Fsp3) is 0.273. The van der Waals surface area contributed by atoms with Crippen molar-refractivity contribution in [1.29, 1.82) is 0 Å². The lowest BCUT2D eigenvalue weighted by molar-refractivity contribution is -0.159. The minimum atomic E-state index is -2.19. The van der Waals surface area contributed by atoms with Crippen molar-refractivity contribution in [2.45, 2.75) is 13.3 Å². The van der Waals surface area contributed by atoms with Gasteiger partial charge in [0.05, 0.1) is 6.61 Å². The number of benzene rings is 1. The summed E-state index contributed by atoms with van der Waals surface area (Å²) in [5, 5.41) is 0. The van der Waals surface area contributed by atoms with Crippen LogP contribution < -0.4 is 10.5 Å². The summed E-state index contributed by atoms with van der Waals surface area (Å²) in [6, 6.07) is 5.42. The van der Waals surface area contributed by atoms with Gasteiger partial charge in [-0.05, 0) is 31.2 Å². The van der Waals surface area contributed by atoms with Crippen LogP contribution >= 0.6 is 0 Å². The van der Waals surface area contributed by atoms with Gasteiger partial charge in [0.25, 0.3) is 0 Å². The van der Waals surface area contributed by atoms with Crippen LogP contribution in [0.2, 0.25) is 0 Å². The van der Waals surface area contributed by atoms with Gasteiger partial charge in [-0.1, -0.05) is 0 Å². The van der Waals surface area contributed by atoms with Crippen LogP contribution in [0, 0.1) is 0 Å². The average molecular weight is 241 g/mol. The Bertz CT molecular complexity index is 404. The van der Waals surface area contributed by atoms with Crippen LogP contribution in [-0.2, 0) is 9.53 Å². The van der Waals surface area contributed by atoms with E-state index in [-0.39, 0.29) is 17.9 Å². The minimum Gasteiger partial charge on any atom is -0.461 e. The summed E-state index contributed by atoms with van der Waals surface area (Å²) in [6.45, 7) is 1.63. The van der Waals surface area contributed by atoms with Gasteiger partial charge >= 0.3 is 12.3 Å². The zero-order chi connectivity index (χ0) is 12.8. The predicted molar refractivity (Wildman–Crippen MR) is 57.1 cm³/mol. The Hall–Kier alpha value is -2.11. The Balaban J connectivity index is 2.63. The first-order chi connectivity index (χ1) is 8.04. The molecule has 0 spiro atoms. The molecule has 1 aromatic rings. The average Bonchev–Trinajstić information content (AvgIpc) is 2.30. The van der Waals surface area contributed by atoms with Gasteiger partial charge < -0.3 is 15.2 Å². The number of carbonyl (C=O) groups excluding carboxylic acids is 2. The molecular formula is C11H12FNO4. The second kappa shape index (κ2) is 5.83. The number of carbonyl (C=O) groups is 2. The lowest BCUT2D eigenvalue weighted by atomic mass is 10.2. The summed E-state index contributed by atoms with van der Waals surface area (Å²) in [5.74, 6) is -1.58. The number of rotatable bonds is 5. The highest BCUT2D eigenvalue weighted by molar-refractivity contribution is 5.92.